The van der Waals surface area contributed by atoms with E-state index in [1.165, 1.54) is 22.5 Å². The number of likely N-dealkylation sites (N-methyl/N-ethyl adjacent to an activating group) is 1. The van der Waals surface area contributed by atoms with Crippen molar-refractivity contribution in [2.45, 2.75) is 31.2 Å². The summed E-state index contributed by atoms with van der Waals surface area (Å²) < 4.78 is 27.0. The van der Waals surface area contributed by atoms with Crippen LogP contribution in [0.15, 0.2) is 23.1 Å². The highest BCUT2D eigenvalue weighted by molar-refractivity contribution is 7.89. The van der Waals surface area contributed by atoms with Crippen molar-refractivity contribution >= 4 is 27.5 Å². The molecule has 134 valence electrons. The minimum absolute atomic E-state index is 0.00791. The summed E-state index contributed by atoms with van der Waals surface area (Å²) in [6.45, 7) is 6.10. The molecule has 1 heterocycles. The largest absolute Gasteiger partial charge is 0.350 e. The van der Waals surface area contributed by atoms with E-state index >= 15 is 0 Å². The lowest BCUT2D eigenvalue weighted by Gasteiger charge is -2.31. The first-order valence-electron chi connectivity index (χ1n) is 8.04. The lowest BCUT2D eigenvalue weighted by atomic mass is 10.2. The van der Waals surface area contributed by atoms with E-state index in [9.17, 15) is 13.2 Å². The van der Waals surface area contributed by atoms with Crippen LogP contribution in [0.25, 0.3) is 0 Å². The molecule has 1 amide bonds. The number of carbonyl (C=O) groups excluding carboxylic acids is 1. The third-order valence-electron chi connectivity index (χ3n) is 4.27. The number of halogens is 1. The van der Waals surface area contributed by atoms with Crippen LogP contribution in [0.3, 0.4) is 0 Å². The number of nitrogens with one attached hydrogen (secondary N) is 1. The Kier molecular flexibility index (Phi) is 6.25. The first-order valence-corrected chi connectivity index (χ1v) is 9.86. The van der Waals surface area contributed by atoms with Gasteiger partial charge in [0.25, 0.3) is 5.91 Å². The van der Waals surface area contributed by atoms with Gasteiger partial charge in [-0.1, -0.05) is 18.5 Å². The zero-order valence-corrected chi connectivity index (χ0v) is 15.8. The zero-order chi connectivity index (χ0) is 17.9. The highest BCUT2D eigenvalue weighted by Gasteiger charge is 2.28. The van der Waals surface area contributed by atoms with E-state index in [0.717, 1.165) is 6.42 Å². The monoisotopic (exact) mass is 373 g/mol. The Balaban J connectivity index is 2.28. The molecule has 2 rings (SSSR count). The SMILES string of the molecule is CC[C@@H](C)NC(=O)c1cc(S(=O)(=O)N2CCN(C)CC2)ccc1Cl. The Bertz CT molecular complexity index is 701. The standard InChI is InChI=1S/C16H24ClN3O3S/c1-4-12(2)18-16(21)14-11-13(5-6-15(14)17)24(22,23)20-9-7-19(3)8-10-20/h5-6,11-12H,4,7-10H2,1-3H3,(H,18,21)/t12-/m1/s1. The van der Waals surface area contributed by atoms with Crippen molar-refractivity contribution in [3.63, 3.8) is 0 Å². The second-order valence-corrected chi connectivity index (χ2v) is 8.48. The van der Waals surface area contributed by atoms with Crippen LogP contribution >= 0.6 is 11.6 Å². The van der Waals surface area contributed by atoms with E-state index in [1.54, 1.807) is 0 Å². The maximum Gasteiger partial charge on any atom is 0.253 e. The summed E-state index contributed by atoms with van der Waals surface area (Å²) in [7, 11) is -1.66. The second kappa shape index (κ2) is 7.82. The molecule has 1 fully saturated rings. The number of carbonyl (C=O) groups is 1. The molecule has 0 aliphatic carbocycles. The molecule has 1 aromatic rings. The number of piperazine rings is 1. The van der Waals surface area contributed by atoms with Crippen molar-refractivity contribution in [2.75, 3.05) is 33.2 Å². The first kappa shape index (κ1) is 19.2. The van der Waals surface area contributed by atoms with Crippen LogP contribution in [0.5, 0.6) is 0 Å². The second-order valence-electron chi connectivity index (χ2n) is 6.13. The Morgan fingerprint density at radius 2 is 1.92 bits per heavy atom. The van der Waals surface area contributed by atoms with E-state index in [-0.39, 0.29) is 27.4 Å². The van der Waals surface area contributed by atoms with E-state index in [4.69, 9.17) is 11.6 Å². The van der Waals surface area contributed by atoms with Crippen LogP contribution in [0, 0.1) is 0 Å². The molecule has 0 saturated carbocycles. The Morgan fingerprint density at radius 3 is 2.50 bits per heavy atom. The van der Waals surface area contributed by atoms with Gasteiger partial charge in [-0.3, -0.25) is 4.79 Å². The highest BCUT2D eigenvalue weighted by atomic mass is 35.5. The third-order valence-corrected chi connectivity index (χ3v) is 6.50. The summed E-state index contributed by atoms with van der Waals surface area (Å²) >= 11 is 6.10. The number of rotatable bonds is 5. The van der Waals surface area contributed by atoms with Gasteiger partial charge in [0, 0.05) is 32.2 Å². The molecule has 0 aromatic heterocycles. The number of hydrogen-bond donors (Lipinski definition) is 1. The minimum Gasteiger partial charge on any atom is -0.350 e. The van der Waals surface area contributed by atoms with E-state index in [1.807, 2.05) is 20.9 Å². The van der Waals surface area contributed by atoms with Crippen molar-refractivity contribution < 1.29 is 13.2 Å². The average Bonchev–Trinajstić information content (AvgIpc) is 2.55. The molecule has 0 bridgehead atoms. The van der Waals surface area contributed by atoms with Gasteiger partial charge >= 0.3 is 0 Å². The quantitative estimate of drug-likeness (QED) is 0.854. The fraction of sp³-hybridized carbons (Fsp3) is 0.562. The number of benzene rings is 1. The van der Waals surface area contributed by atoms with Gasteiger partial charge in [-0.15, -0.1) is 0 Å². The molecule has 0 unspecified atom stereocenters. The molecule has 6 nitrogen and oxygen atoms in total. The molecule has 1 aliphatic heterocycles. The van der Waals surface area contributed by atoms with Gasteiger partial charge in [-0.05, 0) is 38.6 Å². The summed E-state index contributed by atoms with van der Waals surface area (Å²) in [6, 6.07) is 4.28. The average molecular weight is 374 g/mol. The zero-order valence-electron chi connectivity index (χ0n) is 14.3. The minimum atomic E-state index is -3.62. The number of sulfonamides is 1. The molecule has 1 atom stereocenters. The fourth-order valence-corrected chi connectivity index (χ4v) is 4.07. The number of amides is 1. The predicted octanol–water partition coefficient (Wildman–Crippen LogP) is 1.80. The van der Waals surface area contributed by atoms with E-state index in [2.05, 4.69) is 10.2 Å². The number of hydrogen-bond acceptors (Lipinski definition) is 4. The molecular weight excluding hydrogens is 350 g/mol. The third kappa shape index (κ3) is 4.27. The highest BCUT2D eigenvalue weighted by Crippen LogP contribution is 2.24. The summed E-state index contributed by atoms with van der Waals surface area (Å²) in [4.78, 5) is 14.5. The molecule has 0 spiro atoms. The van der Waals surface area contributed by atoms with Gasteiger partial charge in [0.15, 0.2) is 0 Å². The van der Waals surface area contributed by atoms with Crippen molar-refractivity contribution in [2.24, 2.45) is 0 Å². The van der Waals surface area contributed by atoms with Crippen molar-refractivity contribution in [1.82, 2.24) is 14.5 Å². The molecule has 1 aromatic carbocycles. The first-order chi connectivity index (χ1) is 11.3. The lowest BCUT2D eigenvalue weighted by Crippen LogP contribution is -2.47. The topological polar surface area (TPSA) is 69.7 Å². The molecular formula is C16H24ClN3O3S. The summed E-state index contributed by atoms with van der Waals surface area (Å²) in [5.41, 5.74) is 0.187. The summed E-state index contributed by atoms with van der Waals surface area (Å²) in [5, 5.41) is 3.06. The molecule has 1 saturated heterocycles. The fourth-order valence-electron chi connectivity index (χ4n) is 2.42. The van der Waals surface area contributed by atoms with Gasteiger partial charge in [0.2, 0.25) is 10.0 Å². The van der Waals surface area contributed by atoms with Gasteiger partial charge in [-0.2, -0.15) is 4.31 Å². The van der Waals surface area contributed by atoms with Crippen molar-refractivity contribution in [3.8, 4) is 0 Å². The lowest BCUT2D eigenvalue weighted by molar-refractivity contribution is 0.0939. The van der Waals surface area contributed by atoms with Crippen LogP contribution in [0.4, 0.5) is 0 Å². The van der Waals surface area contributed by atoms with E-state index in [0.29, 0.717) is 26.2 Å². The van der Waals surface area contributed by atoms with Crippen LogP contribution < -0.4 is 5.32 Å². The van der Waals surface area contributed by atoms with Crippen molar-refractivity contribution in [3.05, 3.63) is 28.8 Å². The number of nitrogens with zero attached hydrogens (tertiary/aromatic N) is 2. The van der Waals surface area contributed by atoms with Gasteiger partial charge in [-0.25, -0.2) is 8.42 Å². The van der Waals surface area contributed by atoms with Crippen LogP contribution in [-0.4, -0.2) is 62.8 Å². The summed E-state index contributed by atoms with van der Waals surface area (Å²) in [6.07, 6.45) is 0.780. The van der Waals surface area contributed by atoms with Crippen molar-refractivity contribution in [1.29, 1.82) is 0 Å². The predicted molar refractivity (Wildman–Crippen MR) is 94.9 cm³/mol. The normalized spacial score (nSPS) is 18.3. The van der Waals surface area contributed by atoms with Gasteiger partial charge < -0.3 is 10.2 Å². The van der Waals surface area contributed by atoms with Gasteiger partial charge in [0.05, 0.1) is 15.5 Å². The Labute approximate surface area is 148 Å². The Morgan fingerprint density at radius 1 is 1.29 bits per heavy atom. The molecule has 8 heteroatoms. The molecule has 24 heavy (non-hydrogen) atoms. The summed E-state index contributed by atoms with van der Waals surface area (Å²) in [5.74, 6) is -0.357. The maximum absolute atomic E-state index is 12.8. The molecule has 1 aliphatic rings. The smallest absolute Gasteiger partial charge is 0.253 e. The maximum atomic E-state index is 12.8. The molecule has 0 radical (unpaired) electrons. The van der Waals surface area contributed by atoms with E-state index < -0.39 is 10.0 Å². The van der Waals surface area contributed by atoms with Gasteiger partial charge in [0.1, 0.15) is 0 Å². The molecule has 1 N–H and O–H groups in total. The van der Waals surface area contributed by atoms with Crippen LogP contribution in [-0.2, 0) is 10.0 Å². The van der Waals surface area contributed by atoms with Crippen LogP contribution in [0.2, 0.25) is 5.02 Å². The Hall–Kier alpha value is -1.15. The van der Waals surface area contributed by atoms with Crippen LogP contribution in [0.1, 0.15) is 30.6 Å².